The van der Waals surface area contributed by atoms with Crippen molar-refractivity contribution < 1.29 is 14.6 Å². The van der Waals surface area contributed by atoms with Crippen LogP contribution in [-0.4, -0.2) is 17.7 Å². The monoisotopic (exact) mass is 218 g/mol. The first-order chi connectivity index (χ1) is 7.67. The predicted octanol–water partition coefficient (Wildman–Crippen LogP) is 2.06. The summed E-state index contributed by atoms with van der Waals surface area (Å²) >= 11 is 0. The van der Waals surface area contributed by atoms with Crippen molar-refractivity contribution in [3.8, 4) is 18.1 Å². The molecule has 0 radical (unpaired) electrons. The lowest BCUT2D eigenvalue weighted by Crippen LogP contribution is -2.09. The van der Waals surface area contributed by atoms with E-state index in [1.54, 1.807) is 31.2 Å². The summed E-state index contributed by atoms with van der Waals surface area (Å²) in [7, 11) is 0. The van der Waals surface area contributed by atoms with Crippen LogP contribution in [0.5, 0.6) is 5.75 Å². The fraction of sp³-hybridized carbons (Fsp3) is 0.308. The Hall–Kier alpha value is -1.95. The Kier molecular flexibility index (Phi) is 4.41. The summed E-state index contributed by atoms with van der Waals surface area (Å²) in [5.41, 5.74) is 0.827. The molecule has 0 amide bonds. The number of rotatable bonds is 4. The molecule has 3 nitrogen and oxygen atoms in total. The van der Waals surface area contributed by atoms with E-state index in [1.807, 2.05) is 0 Å². The zero-order valence-corrected chi connectivity index (χ0v) is 9.14. The lowest BCUT2D eigenvalue weighted by Gasteiger charge is -2.10. The number of carbonyl (C=O) groups is 1. The number of hydrogen-bond acceptors (Lipinski definition) is 3. The number of carbonyl (C=O) groups excluding carboxylic acids is 1. The quantitative estimate of drug-likeness (QED) is 0.621. The molecule has 0 saturated carbocycles. The minimum absolute atomic E-state index is 0.162. The fourth-order valence-corrected chi connectivity index (χ4v) is 1.37. The second kappa shape index (κ2) is 5.82. The van der Waals surface area contributed by atoms with Gasteiger partial charge in [-0.05, 0) is 24.6 Å². The maximum Gasteiger partial charge on any atom is 0.307 e. The van der Waals surface area contributed by atoms with Crippen LogP contribution >= 0.6 is 0 Å². The third kappa shape index (κ3) is 3.32. The van der Waals surface area contributed by atoms with E-state index in [-0.39, 0.29) is 24.1 Å². The molecule has 0 aliphatic carbocycles. The van der Waals surface area contributed by atoms with E-state index in [0.29, 0.717) is 6.61 Å². The molecule has 0 bridgehead atoms. The third-order valence-electron chi connectivity index (χ3n) is 2.17. The van der Waals surface area contributed by atoms with Crippen LogP contribution in [0, 0.1) is 12.3 Å². The molecule has 1 atom stereocenters. The largest absolute Gasteiger partial charge is 0.508 e. The summed E-state index contributed by atoms with van der Waals surface area (Å²) in [6.45, 7) is 2.11. The van der Waals surface area contributed by atoms with Crippen molar-refractivity contribution in [3.63, 3.8) is 0 Å². The van der Waals surface area contributed by atoms with Crippen molar-refractivity contribution in [1.82, 2.24) is 0 Å². The molecule has 0 aliphatic rings. The summed E-state index contributed by atoms with van der Waals surface area (Å²) in [6.07, 6.45) is 5.53. The Bertz CT molecular complexity index is 387. The number of phenols is 1. The Morgan fingerprint density at radius 3 is 2.62 bits per heavy atom. The van der Waals surface area contributed by atoms with Crippen LogP contribution in [0.3, 0.4) is 0 Å². The van der Waals surface area contributed by atoms with Gasteiger partial charge >= 0.3 is 5.97 Å². The first-order valence-electron chi connectivity index (χ1n) is 5.08. The maximum atomic E-state index is 11.3. The molecule has 0 aromatic heterocycles. The van der Waals surface area contributed by atoms with Crippen LogP contribution < -0.4 is 0 Å². The molecule has 0 saturated heterocycles. The van der Waals surface area contributed by atoms with E-state index < -0.39 is 0 Å². The number of esters is 1. The molecular weight excluding hydrogens is 204 g/mol. The minimum Gasteiger partial charge on any atom is -0.508 e. The van der Waals surface area contributed by atoms with Gasteiger partial charge in [-0.3, -0.25) is 4.79 Å². The molecule has 16 heavy (non-hydrogen) atoms. The van der Waals surface area contributed by atoms with Gasteiger partial charge in [0.15, 0.2) is 0 Å². The molecule has 1 rings (SSSR count). The Labute approximate surface area is 95.1 Å². The lowest BCUT2D eigenvalue weighted by molar-refractivity contribution is -0.143. The fourth-order valence-electron chi connectivity index (χ4n) is 1.37. The van der Waals surface area contributed by atoms with E-state index >= 15 is 0 Å². The highest BCUT2D eigenvalue weighted by molar-refractivity contribution is 5.71. The highest BCUT2D eigenvalue weighted by Gasteiger charge is 2.14. The SMILES string of the molecule is C#CC(CC(=O)OCC)c1ccc(O)cc1. The Balaban J connectivity index is 2.72. The van der Waals surface area contributed by atoms with Gasteiger partial charge in [0, 0.05) is 0 Å². The van der Waals surface area contributed by atoms with Gasteiger partial charge in [0.1, 0.15) is 5.75 Å². The molecule has 3 heteroatoms. The van der Waals surface area contributed by atoms with Crippen LogP contribution in [-0.2, 0) is 9.53 Å². The van der Waals surface area contributed by atoms with E-state index in [2.05, 4.69) is 5.92 Å². The van der Waals surface area contributed by atoms with Gasteiger partial charge in [-0.15, -0.1) is 6.42 Å². The zero-order chi connectivity index (χ0) is 12.0. The first kappa shape index (κ1) is 12.1. The van der Waals surface area contributed by atoms with Gasteiger partial charge in [-0.2, -0.15) is 0 Å². The normalized spacial score (nSPS) is 11.5. The average Bonchev–Trinajstić information content (AvgIpc) is 2.27. The molecule has 0 heterocycles. The first-order valence-corrected chi connectivity index (χ1v) is 5.08. The molecule has 1 aromatic carbocycles. The van der Waals surface area contributed by atoms with Crippen LogP contribution in [0.2, 0.25) is 0 Å². The summed E-state index contributed by atoms with van der Waals surface area (Å²) in [4.78, 5) is 11.3. The van der Waals surface area contributed by atoms with Crippen molar-refractivity contribution in [3.05, 3.63) is 29.8 Å². The van der Waals surface area contributed by atoms with Gasteiger partial charge in [0.05, 0.1) is 18.9 Å². The van der Waals surface area contributed by atoms with Crippen molar-refractivity contribution in [2.75, 3.05) is 6.61 Å². The van der Waals surface area contributed by atoms with Crippen LogP contribution in [0.15, 0.2) is 24.3 Å². The van der Waals surface area contributed by atoms with Crippen molar-refractivity contribution in [1.29, 1.82) is 0 Å². The number of hydrogen-bond donors (Lipinski definition) is 1. The molecule has 0 fully saturated rings. The zero-order valence-electron chi connectivity index (χ0n) is 9.14. The van der Waals surface area contributed by atoms with Gasteiger partial charge in [0.25, 0.3) is 0 Å². The van der Waals surface area contributed by atoms with E-state index in [1.165, 1.54) is 0 Å². The standard InChI is InChI=1S/C13H14O3/c1-3-10(9-13(15)16-4-2)11-5-7-12(14)8-6-11/h1,5-8,10,14H,4,9H2,2H3. The molecule has 1 N–H and O–H groups in total. The minimum atomic E-state index is -0.307. The predicted molar refractivity (Wildman–Crippen MR) is 60.9 cm³/mol. The van der Waals surface area contributed by atoms with E-state index in [0.717, 1.165) is 5.56 Å². The van der Waals surface area contributed by atoms with Gasteiger partial charge in [-0.1, -0.05) is 18.1 Å². The van der Waals surface area contributed by atoms with Gasteiger partial charge in [0.2, 0.25) is 0 Å². The topological polar surface area (TPSA) is 46.5 Å². The molecule has 0 spiro atoms. The highest BCUT2D eigenvalue weighted by atomic mass is 16.5. The highest BCUT2D eigenvalue weighted by Crippen LogP contribution is 2.21. The number of benzene rings is 1. The van der Waals surface area contributed by atoms with Crippen molar-refractivity contribution in [2.45, 2.75) is 19.3 Å². The van der Waals surface area contributed by atoms with Crippen LogP contribution in [0.1, 0.15) is 24.8 Å². The number of phenolic OH excluding ortho intramolecular Hbond substituents is 1. The second-order valence-corrected chi connectivity index (χ2v) is 3.32. The maximum absolute atomic E-state index is 11.3. The third-order valence-corrected chi connectivity index (χ3v) is 2.17. The Morgan fingerprint density at radius 2 is 2.12 bits per heavy atom. The summed E-state index contributed by atoms with van der Waals surface area (Å²) in [6, 6.07) is 6.51. The van der Waals surface area contributed by atoms with Crippen LogP contribution in [0.25, 0.3) is 0 Å². The smallest absolute Gasteiger partial charge is 0.307 e. The number of terminal acetylenes is 1. The van der Waals surface area contributed by atoms with Crippen molar-refractivity contribution in [2.24, 2.45) is 0 Å². The number of aromatic hydroxyl groups is 1. The summed E-state index contributed by atoms with van der Waals surface area (Å²) < 4.78 is 4.84. The number of ether oxygens (including phenoxy) is 1. The molecule has 1 aromatic rings. The van der Waals surface area contributed by atoms with Gasteiger partial charge in [-0.25, -0.2) is 0 Å². The molecule has 0 aliphatic heterocycles. The second-order valence-electron chi connectivity index (χ2n) is 3.32. The lowest BCUT2D eigenvalue weighted by atomic mass is 9.97. The van der Waals surface area contributed by atoms with E-state index in [4.69, 9.17) is 16.3 Å². The van der Waals surface area contributed by atoms with E-state index in [9.17, 15) is 4.79 Å². The molecule has 84 valence electrons. The molecular formula is C13H14O3. The Morgan fingerprint density at radius 1 is 1.50 bits per heavy atom. The average molecular weight is 218 g/mol. The summed E-state index contributed by atoms with van der Waals surface area (Å²) in [5, 5.41) is 9.13. The molecule has 1 unspecified atom stereocenters. The van der Waals surface area contributed by atoms with Crippen molar-refractivity contribution >= 4 is 5.97 Å². The summed E-state index contributed by atoms with van der Waals surface area (Å²) in [5.74, 6) is 2.11. The van der Waals surface area contributed by atoms with Gasteiger partial charge < -0.3 is 9.84 Å². The van der Waals surface area contributed by atoms with Crippen LogP contribution in [0.4, 0.5) is 0 Å².